The van der Waals surface area contributed by atoms with E-state index in [9.17, 15) is 9.59 Å². The van der Waals surface area contributed by atoms with Gasteiger partial charge < -0.3 is 10.4 Å². The van der Waals surface area contributed by atoms with Crippen molar-refractivity contribution in [3.8, 4) is 0 Å². The number of hydrogen-bond acceptors (Lipinski definition) is 3. The summed E-state index contributed by atoms with van der Waals surface area (Å²) < 4.78 is 1.46. The number of nitrogens with zero attached hydrogens (tertiary/aromatic N) is 1. The molecule has 0 saturated heterocycles. The highest BCUT2D eigenvalue weighted by molar-refractivity contribution is 9.11. The van der Waals surface area contributed by atoms with E-state index >= 15 is 0 Å². The van der Waals surface area contributed by atoms with E-state index in [1.807, 2.05) is 6.07 Å². The molecule has 0 fully saturated rings. The second kappa shape index (κ2) is 6.15. The number of carboxylic acid groups (broad SMARTS) is 1. The first-order valence-electron chi connectivity index (χ1n) is 5.44. The van der Waals surface area contributed by atoms with Crippen LogP contribution in [0.4, 0.5) is 5.69 Å². The molecule has 1 aromatic heterocycles. The summed E-state index contributed by atoms with van der Waals surface area (Å²) in [5, 5.41) is 11.5. The first-order chi connectivity index (χ1) is 9.49. The molecule has 0 aliphatic heterocycles. The maximum absolute atomic E-state index is 12.1. The van der Waals surface area contributed by atoms with E-state index in [0.29, 0.717) is 5.69 Å². The average Bonchev–Trinajstić information content (AvgIpc) is 2.43. The van der Waals surface area contributed by atoms with Gasteiger partial charge in [-0.25, -0.2) is 9.78 Å². The van der Waals surface area contributed by atoms with Crippen LogP contribution in [-0.4, -0.2) is 22.0 Å². The highest BCUT2D eigenvalue weighted by atomic mass is 79.9. The molecule has 0 atom stereocenters. The summed E-state index contributed by atoms with van der Waals surface area (Å²) in [6, 6.07) is 8.12. The summed E-state index contributed by atoms with van der Waals surface area (Å²) in [7, 11) is 0. The second-order valence-electron chi connectivity index (χ2n) is 3.79. The fourth-order valence-electron chi connectivity index (χ4n) is 1.46. The third kappa shape index (κ3) is 3.23. The lowest BCUT2D eigenvalue weighted by Crippen LogP contribution is -2.13. The van der Waals surface area contributed by atoms with Crippen molar-refractivity contribution in [2.24, 2.45) is 0 Å². The zero-order chi connectivity index (χ0) is 14.7. The van der Waals surface area contributed by atoms with Crippen LogP contribution in [0, 0.1) is 0 Å². The summed E-state index contributed by atoms with van der Waals surface area (Å²) >= 11 is 6.68. The fourth-order valence-corrected chi connectivity index (χ4v) is 2.65. The normalized spacial score (nSPS) is 10.1. The molecular weight excluding hydrogens is 392 g/mol. The van der Waals surface area contributed by atoms with E-state index in [-0.39, 0.29) is 17.2 Å². The van der Waals surface area contributed by atoms with E-state index in [2.05, 4.69) is 42.2 Å². The standard InChI is InChI=1S/C13H8Br2N2O3/c14-8-2-1-3-9(15)11(8)17-12(18)7-4-5-10(13(19)20)16-6-7/h1-6H,(H,17,18)(H,19,20). The molecule has 2 rings (SSSR count). The smallest absolute Gasteiger partial charge is 0.354 e. The number of benzene rings is 1. The largest absolute Gasteiger partial charge is 0.477 e. The van der Waals surface area contributed by atoms with Gasteiger partial charge in [0.1, 0.15) is 5.69 Å². The molecule has 1 aromatic carbocycles. The van der Waals surface area contributed by atoms with Crippen molar-refractivity contribution < 1.29 is 14.7 Å². The number of para-hydroxylation sites is 1. The van der Waals surface area contributed by atoms with Crippen LogP contribution >= 0.6 is 31.9 Å². The highest BCUT2D eigenvalue weighted by Crippen LogP contribution is 2.30. The van der Waals surface area contributed by atoms with Gasteiger partial charge in [0.05, 0.1) is 11.3 Å². The van der Waals surface area contributed by atoms with Gasteiger partial charge in [-0.15, -0.1) is 0 Å². The molecule has 0 aliphatic rings. The minimum Gasteiger partial charge on any atom is -0.477 e. The number of hydrogen-bond donors (Lipinski definition) is 2. The maximum Gasteiger partial charge on any atom is 0.354 e. The average molecular weight is 400 g/mol. The van der Waals surface area contributed by atoms with Gasteiger partial charge in [0.2, 0.25) is 0 Å². The number of aromatic carboxylic acids is 1. The molecule has 1 heterocycles. The van der Waals surface area contributed by atoms with E-state index < -0.39 is 5.97 Å². The molecule has 0 spiro atoms. The molecule has 0 saturated carbocycles. The van der Waals surface area contributed by atoms with Crippen LogP contribution in [0.1, 0.15) is 20.8 Å². The van der Waals surface area contributed by atoms with Gasteiger partial charge in [0.15, 0.2) is 0 Å². The third-order valence-electron chi connectivity index (χ3n) is 2.45. The molecule has 5 nitrogen and oxygen atoms in total. The molecule has 7 heteroatoms. The Kier molecular flexibility index (Phi) is 4.51. The van der Waals surface area contributed by atoms with Crippen LogP contribution in [0.3, 0.4) is 0 Å². The van der Waals surface area contributed by atoms with Gasteiger partial charge in [-0.1, -0.05) is 6.07 Å². The van der Waals surface area contributed by atoms with E-state index in [0.717, 1.165) is 8.95 Å². The molecule has 102 valence electrons. The van der Waals surface area contributed by atoms with Crippen molar-refractivity contribution in [3.63, 3.8) is 0 Å². The predicted octanol–water partition coefficient (Wildman–Crippen LogP) is 3.56. The first kappa shape index (κ1) is 14.7. The lowest BCUT2D eigenvalue weighted by molar-refractivity contribution is 0.0690. The van der Waals surface area contributed by atoms with E-state index in [1.54, 1.807) is 12.1 Å². The highest BCUT2D eigenvalue weighted by Gasteiger charge is 2.12. The molecule has 0 radical (unpaired) electrons. The molecule has 0 aliphatic carbocycles. The molecule has 20 heavy (non-hydrogen) atoms. The summed E-state index contributed by atoms with van der Waals surface area (Å²) in [6.45, 7) is 0. The van der Waals surface area contributed by atoms with Gasteiger partial charge in [0, 0.05) is 15.1 Å². The van der Waals surface area contributed by atoms with Crippen LogP contribution in [0.5, 0.6) is 0 Å². The van der Waals surface area contributed by atoms with E-state index in [1.165, 1.54) is 18.3 Å². The van der Waals surface area contributed by atoms with Gasteiger partial charge in [0.25, 0.3) is 5.91 Å². The molecular formula is C13H8Br2N2O3. The van der Waals surface area contributed by atoms with E-state index in [4.69, 9.17) is 5.11 Å². The van der Waals surface area contributed by atoms with Crippen molar-refractivity contribution in [2.75, 3.05) is 5.32 Å². The Balaban J connectivity index is 2.22. The SMILES string of the molecule is O=C(Nc1c(Br)cccc1Br)c1ccc(C(=O)O)nc1. The van der Waals surface area contributed by atoms with Crippen molar-refractivity contribution >= 4 is 49.4 Å². The number of rotatable bonds is 3. The fraction of sp³-hybridized carbons (Fsp3) is 0. The number of carbonyl (C=O) groups excluding carboxylic acids is 1. The predicted molar refractivity (Wildman–Crippen MR) is 81.0 cm³/mol. The summed E-state index contributed by atoms with van der Waals surface area (Å²) in [5.41, 5.74) is 0.765. The Morgan fingerprint density at radius 1 is 1.10 bits per heavy atom. The van der Waals surface area contributed by atoms with Gasteiger partial charge in [-0.3, -0.25) is 4.79 Å². The van der Waals surface area contributed by atoms with Crippen molar-refractivity contribution in [3.05, 3.63) is 56.7 Å². The van der Waals surface area contributed by atoms with Crippen molar-refractivity contribution in [1.82, 2.24) is 4.98 Å². The van der Waals surface area contributed by atoms with Crippen molar-refractivity contribution in [2.45, 2.75) is 0 Å². The van der Waals surface area contributed by atoms with Gasteiger partial charge in [-0.05, 0) is 56.1 Å². The number of halogens is 2. The number of carbonyl (C=O) groups is 2. The summed E-state index contributed by atoms with van der Waals surface area (Å²) in [6.07, 6.45) is 1.23. The Labute approximate surface area is 131 Å². The quantitative estimate of drug-likeness (QED) is 0.826. The number of carboxylic acids is 1. The Morgan fingerprint density at radius 3 is 2.25 bits per heavy atom. The summed E-state index contributed by atoms with van der Waals surface area (Å²) in [5.74, 6) is -1.51. The Morgan fingerprint density at radius 2 is 1.75 bits per heavy atom. The van der Waals surface area contributed by atoms with Crippen LogP contribution in [0.15, 0.2) is 45.5 Å². The Bertz CT molecular complexity index is 652. The number of amides is 1. The van der Waals surface area contributed by atoms with Crippen molar-refractivity contribution in [1.29, 1.82) is 0 Å². The number of pyridine rings is 1. The third-order valence-corrected chi connectivity index (χ3v) is 3.77. The molecule has 1 amide bonds. The molecule has 0 unspecified atom stereocenters. The van der Waals surface area contributed by atoms with Crippen LogP contribution in [0.2, 0.25) is 0 Å². The number of aromatic nitrogens is 1. The molecule has 2 N–H and O–H groups in total. The molecule has 0 bridgehead atoms. The molecule has 2 aromatic rings. The number of anilines is 1. The Hall–Kier alpha value is -1.73. The minimum atomic E-state index is -1.13. The van der Waals surface area contributed by atoms with Gasteiger partial charge in [-0.2, -0.15) is 0 Å². The maximum atomic E-state index is 12.1. The minimum absolute atomic E-state index is 0.108. The van der Waals surface area contributed by atoms with Crippen LogP contribution in [0.25, 0.3) is 0 Å². The first-order valence-corrected chi connectivity index (χ1v) is 7.02. The lowest BCUT2D eigenvalue weighted by atomic mass is 10.2. The number of nitrogens with one attached hydrogen (secondary N) is 1. The second-order valence-corrected chi connectivity index (χ2v) is 5.50. The van der Waals surface area contributed by atoms with Crippen LogP contribution in [-0.2, 0) is 0 Å². The van der Waals surface area contributed by atoms with Crippen LogP contribution < -0.4 is 5.32 Å². The lowest BCUT2D eigenvalue weighted by Gasteiger charge is -2.09. The van der Waals surface area contributed by atoms with Gasteiger partial charge >= 0.3 is 5.97 Å². The monoisotopic (exact) mass is 398 g/mol. The zero-order valence-electron chi connectivity index (χ0n) is 9.93. The zero-order valence-corrected chi connectivity index (χ0v) is 13.1. The summed E-state index contributed by atoms with van der Waals surface area (Å²) in [4.78, 5) is 26.4. The topological polar surface area (TPSA) is 79.3 Å².